The highest BCUT2D eigenvalue weighted by atomic mass is 32.2. The van der Waals surface area contributed by atoms with E-state index in [2.05, 4.69) is 18.6 Å². The molecule has 0 saturated heterocycles. The maximum atomic E-state index is 13.0. The average molecular weight is 383 g/mol. The summed E-state index contributed by atoms with van der Waals surface area (Å²) >= 11 is 0. The lowest BCUT2D eigenvalue weighted by atomic mass is 9.92. The fourth-order valence-corrected chi connectivity index (χ4v) is 3.29. The minimum atomic E-state index is -3.44. The Hall–Kier alpha value is -1.76. The summed E-state index contributed by atoms with van der Waals surface area (Å²) in [6.45, 7) is 12.1. The van der Waals surface area contributed by atoms with E-state index in [1.165, 1.54) is 0 Å². The number of benzene rings is 1. The van der Waals surface area contributed by atoms with Crippen molar-refractivity contribution >= 4 is 27.3 Å². The van der Waals surface area contributed by atoms with Gasteiger partial charge in [-0.3, -0.25) is 9.52 Å². The van der Waals surface area contributed by atoms with Gasteiger partial charge in [-0.05, 0) is 52.2 Å². The SMILES string of the molecule is CC(C)CCN1C(=O)C(C)(C)COc2cc(NS(=O)(=O)C(C)C)ccc21. The van der Waals surface area contributed by atoms with Crippen molar-refractivity contribution < 1.29 is 17.9 Å². The van der Waals surface area contributed by atoms with Crippen molar-refractivity contribution in [2.75, 3.05) is 22.8 Å². The molecule has 1 heterocycles. The van der Waals surface area contributed by atoms with Crippen LogP contribution in [0.2, 0.25) is 0 Å². The summed E-state index contributed by atoms with van der Waals surface area (Å²) in [5.41, 5.74) is 0.482. The Labute approximate surface area is 157 Å². The monoisotopic (exact) mass is 382 g/mol. The number of carbonyl (C=O) groups excluding carboxylic acids is 1. The standard InChI is InChI=1S/C19H30N2O4S/c1-13(2)9-10-21-16-8-7-15(20-26(23,24)14(3)4)11-17(16)25-12-19(5,6)18(21)22/h7-8,11,13-14,20H,9-10,12H2,1-6H3. The van der Waals surface area contributed by atoms with Gasteiger partial charge in [-0.1, -0.05) is 13.8 Å². The van der Waals surface area contributed by atoms with Crippen molar-refractivity contribution in [3.05, 3.63) is 18.2 Å². The number of rotatable bonds is 6. The number of hydrogen-bond donors (Lipinski definition) is 1. The van der Waals surface area contributed by atoms with Crippen LogP contribution >= 0.6 is 0 Å². The molecule has 1 amide bonds. The second kappa shape index (κ2) is 7.47. The van der Waals surface area contributed by atoms with Gasteiger partial charge in [0.25, 0.3) is 0 Å². The van der Waals surface area contributed by atoms with Crippen LogP contribution in [-0.4, -0.2) is 32.7 Å². The van der Waals surface area contributed by atoms with E-state index >= 15 is 0 Å². The van der Waals surface area contributed by atoms with Crippen LogP contribution in [0.4, 0.5) is 11.4 Å². The highest BCUT2D eigenvalue weighted by Crippen LogP contribution is 2.38. The average Bonchev–Trinajstić information content (AvgIpc) is 2.61. The first-order valence-corrected chi connectivity index (χ1v) is 10.6. The smallest absolute Gasteiger partial charge is 0.236 e. The van der Waals surface area contributed by atoms with Crippen molar-refractivity contribution in [3.63, 3.8) is 0 Å². The highest BCUT2D eigenvalue weighted by molar-refractivity contribution is 7.93. The topological polar surface area (TPSA) is 75.7 Å². The van der Waals surface area contributed by atoms with E-state index in [1.54, 1.807) is 36.9 Å². The van der Waals surface area contributed by atoms with Gasteiger partial charge in [0.1, 0.15) is 12.4 Å². The number of sulfonamides is 1. The van der Waals surface area contributed by atoms with Gasteiger partial charge in [0.05, 0.1) is 22.0 Å². The van der Waals surface area contributed by atoms with Crippen LogP contribution in [0.15, 0.2) is 18.2 Å². The van der Waals surface area contributed by atoms with Crippen molar-refractivity contribution in [3.8, 4) is 5.75 Å². The Morgan fingerprint density at radius 2 is 1.88 bits per heavy atom. The second-order valence-corrected chi connectivity index (χ2v) is 10.4. The summed E-state index contributed by atoms with van der Waals surface area (Å²) in [5.74, 6) is 1.01. The summed E-state index contributed by atoms with van der Waals surface area (Å²) in [6.07, 6.45) is 0.878. The molecule has 26 heavy (non-hydrogen) atoms. The molecule has 0 bridgehead atoms. The molecule has 1 aromatic carbocycles. The van der Waals surface area contributed by atoms with Crippen LogP contribution in [0.5, 0.6) is 5.75 Å². The van der Waals surface area contributed by atoms with Crippen LogP contribution in [0.3, 0.4) is 0 Å². The van der Waals surface area contributed by atoms with Gasteiger partial charge in [-0.25, -0.2) is 8.42 Å². The normalized spacial score (nSPS) is 17.1. The molecule has 0 aliphatic carbocycles. The second-order valence-electron chi connectivity index (χ2n) is 8.19. The molecule has 1 aromatic rings. The van der Waals surface area contributed by atoms with Crippen LogP contribution < -0.4 is 14.4 Å². The molecule has 0 radical (unpaired) electrons. The van der Waals surface area contributed by atoms with E-state index in [1.807, 2.05) is 13.8 Å². The minimum Gasteiger partial charge on any atom is -0.490 e. The largest absolute Gasteiger partial charge is 0.490 e. The number of amides is 1. The fourth-order valence-electron chi connectivity index (χ4n) is 2.60. The molecule has 1 aliphatic heterocycles. The third-order valence-corrected chi connectivity index (χ3v) is 6.24. The van der Waals surface area contributed by atoms with Crippen LogP contribution in [0, 0.1) is 11.3 Å². The Morgan fingerprint density at radius 3 is 2.46 bits per heavy atom. The predicted molar refractivity (Wildman–Crippen MR) is 105 cm³/mol. The quantitative estimate of drug-likeness (QED) is 0.815. The molecule has 0 saturated carbocycles. The number of ether oxygens (including phenoxy) is 1. The van der Waals surface area contributed by atoms with E-state index in [-0.39, 0.29) is 12.5 Å². The molecule has 0 unspecified atom stereocenters. The molecule has 0 atom stereocenters. The lowest BCUT2D eigenvalue weighted by molar-refractivity contribution is -0.127. The Kier molecular flexibility index (Phi) is 5.90. The van der Waals surface area contributed by atoms with Crippen molar-refractivity contribution in [1.29, 1.82) is 0 Å². The highest BCUT2D eigenvalue weighted by Gasteiger charge is 2.37. The number of hydrogen-bond acceptors (Lipinski definition) is 4. The summed E-state index contributed by atoms with van der Waals surface area (Å²) in [4.78, 5) is 14.7. The first kappa shape index (κ1) is 20.6. The lowest BCUT2D eigenvalue weighted by Crippen LogP contribution is -2.42. The van der Waals surface area contributed by atoms with Crippen LogP contribution in [0.25, 0.3) is 0 Å². The Morgan fingerprint density at radius 1 is 1.23 bits per heavy atom. The molecule has 146 valence electrons. The van der Waals surface area contributed by atoms with Gasteiger partial charge in [0.2, 0.25) is 15.9 Å². The van der Waals surface area contributed by atoms with Gasteiger partial charge in [0, 0.05) is 12.6 Å². The zero-order valence-corrected chi connectivity index (χ0v) is 17.3. The van der Waals surface area contributed by atoms with Crippen molar-refractivity contribution in [2.24, 2.45) is 11.3 Å². The summed E-state index contributed by atoms with van der Waals surface area (Å²) in [5, 5.41) is -0.537. The van der Waals surface area contributed by atoms with Gasteiger partial charge < -0.3 is 9.64 Å². The van der Waals surface area contributed by atoms with Crippen molar-refractivity contribution in [2.45, 2.75) is 53.2 Å². The van der Waals surface area contributed by atoms with Gasteiger partial charge in [0.15, 0.2) is 0 Å². The number of carbonyl (C=O) groups is 1. The summed E-state index contributed by atoms with van der Waals surface area (Å²) in [6, 6.07) is 5.09. The number of nitrogens with one attached hydrogen (secondary N) is 1. The summed E-state index contributed by atoms with van der Waals surface area (Å²) in [7, 11) is -3.44. The van der Waals surface area contributed by atoms with Crippen molar-refractivity contribution in [1.82, 2.24) is 0 Å². The maximum absolute atomic E-state index is 13.0. The van der Waals surface area contributed by atoms with Crippen LogP contribution in [0.1, 0.15) is 48.0 Å². The number of nitrogens with zero attached hydrogens (tertiary/aromatic N) is 1. The maximum Gasteiger partial charge on any atom is 0.236 e. The Balaban J connectivity index is 2.40. The van der Waals surface area contributed by atoms with E-state index in [0.29, 0.717) is 29.6 Å². The fraction of sp³-hybridized carbons (Fsp3) is 0.632. The molecular weight excluding hydrogens is 352 g/mol. The molecule has 0 fully saturated rings. The molecule has 0 aromatic heterocycles. The third-order valence-electron chi connectivity index (χ3n) is 4.47. The number of fused-ring (bicyclic) bond motifs is 1. The van der Waals surface area contributed by atoms with E-state index < -0.39 is 20.7 Å². The zero-order valence-electron chi connectivity index (χ0n) is 16.5. The van der Waals surface area contributed by atoms with Gasteiger partial charge in [-0.2, -0.15) is 0 Å². The minimum absolute atomic E-state index is 0.0208. The number of anilines is 2. The molecule has 2 rings (SSSR count). The van der Waals surface area contributed by atoms with E-state index in [9.17, 15) is 13.2 Å². The van der Waals surface area contributed by atoms with E-state index in [0.717, 1.165) is 6.42 Å². The molecule has 6 nitrogen and oxygen atoms in total. The predicted octanol–water partition coefficient (Wildman–Crippen LogP) is 3.63. The van der Waals surface area contributed by atoms with Crippen LogP contribution in [-0.2, 0) is 14.8 Å². The first-order valence-electron chi connectivity index (χ1n) is 9.04. The third kappa shape index (κ3) is 4.50. The van der Waals surface area contributed by atoms with E-state index in [4.69, 9.17) is 4.74 Å². The molecule has 0 spiro atoms. The Bertz CT molecular complexity index is 770. The zero-order chi connectivity index (χ0) is 19.7. The molecule has 1 N–H and O–H groups in total. The molecular formula is C19H30N2O4S. The molecule has 1 aliphatic rings. The van der Waals surface area contributed by atoms with Gasteiger partial charge in [-0.15, -0.1) is 0 Å². The first-order chi connectivity index (χ1) is 11.9. The summed E-state index contributed by atoms with van der Waals surface area (Å²) < 4.78 is 32.7. The van der Waals surface area contributed by atoms with Gasteiger partial charge >= 0.3 is 0 Å². The lowest BCUT2D eigenvalue weighted by Gasteiger charge is -2.28. The molecule has 7 heteroatoms.